The molecule has 1 aliphatic heterocycles. The largest absolute Gasteiger partial charge is 0.486 e. The minimum absolute atomic E-state index is 0.134. The molecule has 0 bridgehead atoms. The number of furan rings is 1. The van der Waals surface area contributed by atoms with E-state index in [1.54, 1.807) is 36.7 Å². The van der Waals surface area contributed by atoms with E-state index in [1.165, 1.54) is 13.0 Å². The van der Waals surface area contributed by atoms with Gasteiger partial charge in [-0.15, -0.1) is 0 Å². The molecule has 1 unspecified atom stereocenters. The van der Waals surface area contributed by atoms with Crippen LogP contribution in [0.1, 0.15) is 28.6 Å². The molecule has 1 aromatic carbocycles. The molecule has 1 atom stereocenters. The van der Waals surface area contributed by atoms with Crippen LogP contribution in [0.3, 0.4) is 0 Å². The first kappa shape index (κ1) is 19.9. The van der Waals surface area contributed by atoms with Gasteiger partial charge in [-0.25, -0.2) is 0 Å². The van der Waals surface area contributed by atoms with Gasteiger partial charge in [0.05, 0.1) is 11.6 Å². The predicted octanol–water partition coefficient (Wildman–Crippen LogP) is 4.33. The van der Waals surface area contributed by atoms with Crippen LogP contribution in [0.15, 0.2) is 59.3 Å². The molecule has 30 heavy (non-hydrogen) atoms. The fourth-order valence-electron chi connectivity index (χ4n) is 3.25. The molecule has 6 nitrogen and oxygen atoms in total. The lowest BCUT2D eigenvalue weighted by atomic mass is 10.0. The van der Waals surface area contributed by atoms with Gasteiger partial charge >= 0.3 is 0 Å². The van der Waals surface area contributed by atoms with Crippen LogP contribution >= 0.6 is 11.6 Å². The Labute approximate surface area is 178 Å². The van der Waals surface area contributed by atoms with E-state index in [0.717, 1.165) is 16.7 Å². The zero-order valence-corrected chi connectivity index (χ0v) is 17.0. The zero-order valence-electron chi connectivity index (χ0n) is 16.2. The molecule has 0 radical (unpaired) electrons. The molecule has 7 heteroatoms. The van der Waals surface area contributed by atoms with Crippen LogP contribution in [-0.2, 0) is 11.2 Å². The van der Waals surface area contributed by atoms with Crippen LogP contribution in [0, 0.1) is 0 Å². The van der Waals surface area contributed by atoms with Crippen molar-refractivity contribution in [1.82, 2.24) is 10.3 Å². The van der Waals surface area contributed by atoms with Gasteiger partial charge in [-0.05, 0) is 42.0 Å². The number of aromatic nitrogens is 1. The van der Waals surface area contributed by atoms with Gasteiger partial charge in [-0.3, -0.25) is 14.6 Å². The fourth-order valence-corrected chi connectivity index (χ4v) is 3.53. The number of halogens is 1. The summed E-state index contributed by atoms with van der Waals surface area (Å²) in [6.07, 6.45) is 6.92. The number of hydrogen-bond acceptors (Lipinski definition) is 5. The molecule has 1 N–H and O–H groups in total. The number of amides is 1. The SMILES string of the molecule is CC(=O)c1ccc(-c2cc(Cl)c3c(c2)CC(CNC(=O)/C=C/c2cccnc2)O3)o1. The van der Waals surface area contributed by atoms with Gasteiger partial charge < -0.3 is 14.5 Å². The van der Waals surface area contributed by atoms with Gasteiger partial charge in [0.1, 0.15) is 17.6 Å². The first-order valence-corrected chi connectivity index (χ1v) is 9.83. The van der Waals surface area contributed by atoms with E-state index in [9.17, 15) is 9.59 Å². The zero-order chi connectivity index (χ0) is 21.1. The Morgan fingerprint density at radius 3 is 2.90 bits per heavy atom. The molecule has 152 valence electrons. The number of ether oxygens (including phenoxy) is 1. The summed E-state index contributed by atoms with van der Waals surface area (Å²) in [5.74, 6) is 1.15. The number of nitrogens with one attached hydrogen (secondary N) is 1. The van der Waals surface area contributed by atoms with Crippen LogP contribution < -0.4 is 10.1 Å². The van der Waals surface area contributed by atoms with Gasteiger partial charge in [0.2, 0.25) is 5.91 Å². The van der Waals surface area contributed by atoms with Crippen molar-refractivity contribution in [3.8, 4) is 17.1 Å². The predicted molar refractivity (Wildman–Crippen MR) is 114 cm³/mol. The topological polar surface area (TPSA) is 81.4 Å². The second-order valence-corrected chi connectivity index (χ2v) is 7.38. The van der Waals surface area contributed by atoms with Crippen LogP contribution in [0.2, 0.25) is 5.02 Å². The molecule has 1 amide bonds. The minimum Gasteiger partial charge on any atom is -0.486 e. The maximum absolute atomic E-state index is 12.1. The van der Waals surface area contributed by atoms with Crippen molar-refractivity contribution in [2.45, 2.75) is 19.4 Å². The molecule has 4 rings (SSSR count). The monoisotopic (exact) mass is 422 g/mol. The summed E-state index contributed by atoms with van der Waals surface area (Å²) in [5, 5.41) is 3.31. The third-order valence-electron chi connectivity index (χ3n) is 4.71. The second kappa shape index (κ2) is 8.55. The normalized spacial score (nSPS) is 15.1. The van der Waals surface area contributed by atoms with Gasteiger partial charge in [-0.1, -0.05) is 17.7 Å². The Balaban J connectivity index is 1.39. The lowest BCUT2D eigenvalue weighted by Crippen LogP contribution is -2.33. The summed E-state index contributed by atoms with van der Waals surface area (Å²) >= 11 is 6.40. The van der Waals surface area contributed by atoms with Crippen molar-refractivity contribution >= 4 is 29.4 Å². The standard InChI is InChI=1S/C23H19ClN2O4/c1-14(27)20-5-6-21(30-20)16-9-17-10-18(29-23(17)19(24)11-16)13-26-22(28)7-4-15-3-2-8-25-12-15/h2-9,11-12,18H,10,13H2,1H3,(H,26,28)/b7-4+. The third-order valence-corrected chi connectivity index (χ3v) is 4.99. The number of pyridine rings is 1. The highest BCUT2D eigenvalue weighted by atomic mass is 35.5. The summed E-state index contributed by atoms with van der Waals surface area (Å²) in [6, 6.07) is 10.8. The summed E-state index contributed by atoms with van der Waals surface area (Å²) in [7, 11) is 0. The molecule has 0 fully saturated rings. The number of Topliss-reactive ketones (excluding diaryl/α,β-unsaturated/α-hetero) is 1. The maximum Gasteiger partial charge on any atom is 0.244 e. The van der Waals surface area contributed by atoms with Gasteiger partial charge in [-0.2, -0.15) is 0 Å². The lowest BCUT2D eigenvalue weighted by molar-refractivity contribution is -0.116. The average Bonchev–Trinajstić information content (AvgIpc) is 3.39. The van der Waals surface area contributed by atoms with E-state index in [0.29, 0.717) is 35.3 Å². The molecule has 2 aromatic heterocycles. The number of benzene rings is 1. The molecular formula is C23H19ClN2O4. The number of ketones is 1. The highest BCUT2D eigenvalue weighted by molar-refractivity contribution is 6.32. The minimum atomic E-state index is -0.215. The highest BCUT2D eigenvalue weighted by Gasteiger charge is 2.26. The maximum atomic E-state index is 12.1. The quantitative estimate of drug-likeness (QED) is 0.472. The second-order valence-electron chi connectivity index (χ2n) is 6.98. The Bertz CT molecular complexity index is 1120. The van der Waals surface area contributed by atoms with Crippen molar-refractivity contribution in [2.24, 2.45) is 0 Å². The number of fused-ring (bicyclic) bond motifs is 1. The van der Waals surface area contributed by atoms with E-state index in [-0.39, 0.29) is 17.8 Å². The molecule has 3 aromatic rings. The van der Waals surface area contributed by atoms with Gasteiger partial charge in [0.15, 0.2) is 11.5 Å². The summed E-state index contributed by atoms with van der Waals surface area (Å²) in [4.78, 5) is 27.5. The van der Waals surface area contributed by atoms with Crippen LogP contribution in [0.4, 0.5) is 0 Å². The first-order valence-electron chi connectivity index (χ1n) is 9.46. The van der Waals surface area contributed by atoms with Crippen molar-refractivity contribution in [2.75, 3.05) is 6.54 Å². The molecular weight excluding hydrogens is 404 g/mol. The number of hydrogen-bond donors (Lipinski definition) is 1. The Kier molecular flexibility index (Phi) is 5.68. The van der Waals surface area contributed by atoms with Crippen molar-refractivity contribution in [1.29, 1.82) is 0 Å². The third kappa shape index (κ3) is 4.44. The number of carbonyl (C=O) groups is 2. The van der Waals surface area contributed by atoms with E-state index >= 15 is 0 Å². The van der Waals surface area contributed by atoms with E-state index in [4.69, 9.17) is 20.8 Å². The van der Waals surface area contributed by atoms with Crippen molar-refractivity contribution in [3.63, 3.8) is 0 Å². The van der Waals surface area contributed by atoms with E-state index < -0.39 is 0 Å². The van der Waals surface area contributed by atoms with E-state index in [2.05, 4.69) is 10.3 Å². The Morgan fingerprint density at radius 2 is 2.17 bits per heavy atom. The smallest absolute Gasteiger partial charge is 0.244 e. The molecule has 0 aliphatic carbocycles. The van der Waals surface area contributed by atoms with E-state index in [1.807, 2.05) is 18.2 Å². The van der Waals surface area contributed by atoms with Gasteiger partial charge in [0.25, 0.3) is 0 Å². The highest BCUT2D eigenvalue weighted by Crippen LogP contribution is 2.39. The van der Waals surface area contributed by atoms with Crippen molar-refractivity contribution in [3.05, 3.63) is 76.8 Å². The fraction of sp³-hybridized carbons (Fsp3) is 0.174. The lowest BCUT2D eigenvalue weighted by Gasteiger charge is -2.11. The summed E-state index contributed by atoms with van der Waals surface area (Å²) in [5.41, 5.74) is 2.56. The molecule has 1 aliphatic rings. The van der Waals surface area contributed by atoms with Crippen LogP contribution in [-0.4, -0.2) is 29.3 Å². The Hall–Kier alpha value is -3.38. The summed E-state index contributed by atoms with van der Waals surface area (Å²) in [6.45, 7) is 1.81. The molecule has 0 spiro atoms. The Morgan fingerprint density at radius 1 is 1.30 bits per heavy atom. The molecule has 0 saturated carbocycles. The number of nitrogens with zero attached hydrogens (tertiary/aromatic N) is 1. The molecule has 3 heterocycles. The summed E-state index contributed by atoms with van der Waals surface area (Å²) < 4.78 is 11.5. The van der Waals surface area contributed by atoms with Gasteiger partial charge in [0, 0.05) is 42.9 Å². The number of carbonyl (C=O) groups excluding carboxylic acids is 2. The first-order chi connectivity index (χ1) is 14.5. The number of rotatable bonds is 6. The average molecular weight is 423 g/mol. The van der Waals surface area contributed by atoms with Crippen molar-refractivity contribution < 1.29 is 18.7 Å². The molecule has 0 saturated heterocycles. The van der Waals surface area contributed by atoms with Crippen LogP contribution in [0.25, 0.3) is 17.4 Å². The van der Waals surface area contributed by atoms with Crippen LogP contribution in [0.5, 0.6) is 5.75 Å².